The lowest BCUT2D eigenvalue weighted by Crippen LogP contribution is -2.09. The summed E-state index contributed by atoms with van der Waals surface area (Å²) in [6.07, 6.45) is 4.20. The number of rotatable bonds is 3. The van der Waals surface area contributed by atoms with Crippen molar-refractivity contribution in [2.45, 2.75) is 30.1 Å². The van der Waals surface area contributed by atoms with Gasteiger partial charge in [0.1, 0.15) is 11.5 Å². The molecule has 1 unspecified atom stereocenters. The van der Waals surface area contributed by atoms with Crippen LogP contribution in [-0.2, 0) is 0 Å². The first-order valence-electron chi connectivity index (χ1n) is 7.40. The van der Waals surface area contributed by atoms with Gasteiger partial charge in [-0.1, -0.05) is 24.3 Å². The fourth-order valence-electron chi connectivity index (χ4n) is 3.07. The van der Waals surface area contributed by atoms with Gasteiger partial charge >= 0.3 is 0 Å². The van der Waals surface area contributed by atoms with E-state index in [1.165, 1.54) is 29.9 Å². The first kappa shape index (κ1) is 12.3. The van der Waals surface area contributed by atoms with Crippen LogP contribution in [-0.4, -0.2) is 5.75 Å². The van der Waals surface area contributed by atoms with E-state index < -0.39 is 0 Å². The van der Waals surface area contributed by atoms with Crippen LogP contribution in [0.2, 0.25) is 0 Å². The molecule has 1 nitrogen and oxygen atoms in total. The topological polar surface area (TPSA) is 9.23 Å². The van der Waals surface area contributed by atoms with Crippen molar-refractivity contribution in [3.63, 3.8) is 0 Å². The molecule has 2 aromatic rings. The van der Waals surface area contributed by atoms with Crippen molar-refractivity contribution in [2.75, 3.05) is 5.75 Å². The first-order valence-corrected chi connectivity index (χ1v) is 8.38. The molecular formula is C18H18OS. The molecule has 1 fully saturated rings. The van der Waals surface area contributed by atoms with Crippen LogP contribution in [0.4, 0.5) is 0 Å². The van der Waals surface area contributed by atoms with E-state index in [0.717, 1.165) is 23.3 Å². The van der Waals surface area contributed by atoms with Crippen molar-refractivity contribution < 1.29 is 4.74 Å². The minimum absolute atomic E-state index is 0.803. The van der Waals surface area contributed by atoms with Crippen molar-refractivity contribution in [2.24, 2.45) is 5.92 Å². The summed E-state index contributed by atoms with van der Waals surface area (Å²) in [6.45, 7) is 0. The van der Waals surface area contributed by atoms with Crippen LogP contribution in [0, 0.1) is 5.92 Å². The summed E-state index contributed by atoms with van der Waals surface area (Å²) in [5.41, 5.74) is 1.56. The summed E-state index contributed by atoms with van der Waals surface area (Å²) < 4.78 is 5.94. The Kier molecular flexibility index (Phi) is 3.19. The molecule has 1 aliphatic heterocycles. The highest BCUT2D eigenvalue weighted by molar-refractivity contribution is 7.99. The SMILES string of the molecule is c1ccc(Oc2ccc3c(c2)SCCC3C2CC2)cc1. The first-order chi connectivity index (χ1) is 9.90. The molecule has 2 heteroatoms. The molecular weight excluding hydrogens is 264 g/mol. The summed E-state index contributed by atoms with van der Waals surface area (Å²) in [6, 6.07) is 16.7. The van der Waals surface area contributed by atoms with Crippen LogP contribution in [0.5, 0.6) is 11.5 Å². The standard InChI is InChI=1S/C18H18OS/c1-2-4-14(5-3-1)19-15-8-9-17-16(13-6-7-13)10-11-20-18(17)12-15/h1-5,8-9,12-13,16H,6-7,10-11H2. The Balaban J connectivity index is 1.60. The summed E-state index contributed by atoms with van der Waals surface area (Å²) >= 11 is 1.98. The Morgan fingerprint density at radius 2 is 1.75 bits per heavy atom. The fourth-order valence-corrected chi connectivity index (χ4v) is 4.25. The zero-order chi connectivity index (χ0) is 13.4. The molecule has 0 saturated heterocycles. The second kappa shape index (κ2) is 5.17. The van der Waals surface area contributed by atoms with Crippen LogP contribution in [0.25, 0.3) is 0 Å². The number of hydrogen-bond acceptors (Lipinski definition) is 2. The fraction of sp³-hybridized carbons (Fsp3) is 0.333. The molecule has 0 amide bonds. The Hall–Kier alpha value is -1.41. The smallest absolute Gasteiger partial charge is 0.128 e. The van der Waals surface area contributed by atoms with Gasteiger partial charge in [-0.05, 0) is 66.7 Å². The van der Waals surface area contributed by atoms with E-state index in [9.17, 15) is 0 Å². The van der Waals surface area contributed by atoms with Crippen LogP contribution < -0.4 is 4.74 Å². The highest BCUT2D eigenvalue weighted by Gasteiger charge is 2.35. The Morgan fingerprint density at radius 3 is 2.55 bits per heavy atom. The van der Waals surface area contributed by atoms with Gasteiger partial charge in [-0.15, -0.1) is 11.8 Å². The molecule has 0 spiro atoms. The Labute approximate surface area is 124 Å². The normalized spacial score (nSPS) is 21.3. The van der Waals surface area contributed by atoms with E-state index in [0.29, 0.717) is 0 Å². The highest BCUT2D eigenvalue weighted by atomic mass is 32.2. The second-order valence-corrected chi connectivity index (χ2v) is 6.83. The number of para-hydroxylation sites is 1. The van der Waals surface area contributed by atoms with Gasteiger partial charge in [0, 0.05) is 4.90 Å². The summed E-state index contributed by atoms with van der Waals surface area (Å²) in [4.78, 5) is 1.43. The summed E-state index contributed by atoms with van der Waals surface area (Å²) in [5, 5.41) is 0. The molecule has 0 bridgehead atoms. The number of benzene rings is 2. The number of ether oxygens (including phenoxy) is 1. The van der Waals surface area contributed by atoms with Crippen LogP contribution in [0.15, 0.2) is 53.4 Å². The van der Waals surface area contributed by atoms with Crippen molar-refractivity contribution in [3.8, 4) is 11.5 Å². The van der Waals surface area contributed by atoms with Crippen molar-refractivity contribution in [1.29, 1.82) is 0 Å². The zero-order valence-electron chi connectivity index (χ0n) is 11.4. The van der Waals surface area contributed by atoms with Gasteiger partial charge in [-0.25, -0.2) is 0 Å². The van der Waals surface area contributed by atoms with Crippen LogP contribution in [0.3, 0.4) is 0 Å². The third-order valence-corrected chi connectivity index (χ3v) is 5.35. The molecule has 2 aliphatic rings. The Bertz CT molecular complexity index is 604. The lowest BCUT2D eigenvalue weighted by atomic mass is 9.91. The van der Waals surface area contributed by atoms with Crippen molar-refractivity contribution in [3.05, 3.63) is 54.1 Å². The van der Waals surface area contributed by atoms with Gasteiger partial charge in [0.2, 0.25) is 0 Å². The number of thioether (sulfide) groups is 1. The molecule has 1 atom stereocenters. The zero-order valence-corrected chi connectivity index (χ0v) is 12.2. The highest BCUT2D eigenvalue weighted by Crippen LogP contribution is 2.50. The molecule has 0 radical (unpaired) electrons. The maximum absolute atomic E-state index is 5.94. The molecule has 102 valence electrons. The predicted octanol–water partition coefficient (Wildman–Crippen LogP) is 5.47. The minimum Gasteiger partial charge on any atom is -0.457 e. The van der Waals surface area contributed by atoms with Crippen LogP contribution in [0.1, 0.15) is 30.7 Å². The average molecular weight is 282 g/mol. The molecule has 1 heterocycles. The third-order valence-electron chi connectivity index (χ3n) is 4.24. The third kappa shape index (κ3) is 2.45. The molecule has 0 aromatic heterocycles. The second-order valence-electron chi connectivity index (χ2n) is 5.70. The molecule has 0 N–H and O–H groups in total. The monoisotopic (exact) mass is 282 g/mol. The van der Waals surface area contributed by atoms with E-state index in [-0.39, 0.29) is 0 Å². The molecule has 1 saturated carbocycles. The Morgan fingerprint density at radius 1 is 0.900 bits per heavy atom. The van der Waals surface area contributed by atoms with E-state index in [4.69, 9.17) is 4.74 Å². The van der Waals surface area contributed by atoms with E-state index in [1.54, 1.807) is 5.56 Å². The molecule has 4 rings (SSSR count). The molecule has 2 aromatic carbocycles. The average Bonchev–Trinajstić information content (AvgIpc) is 3.32. The quantitative estimate of drug-likeness (QED) is 0.738. The maximum atomic E-state index is 5.94. The van der Waals surface area contributed by atoms with Gasteiger partial charge < -0.3 is 4.74 Å². The maximum Gasteiger partial charge on any atom is 0.128 e. The van der Waals surface area contributed by atoms with Crippen LogP contribution >= 0.6 is 11.8 Å². The summed E-state index contributed by atoms with van der Waals surface area (Å²) in [5.74, 6) is 4.88. The van der Waals surface area contributed by atoms with Gasteiger partial charge in [-0.2, -0.15) is 0 Å². The summed E-state index contributed by atoms with van der Waals surface area (Å²) in [7, 11) is 0. The van der Waals surface area contributed by atoms with E-state index in [1.807, 2.05) is 42.1 Å². The lowest BCUT2D eigenvalue weighted by molar-refractivity contribution is 0.479. The molecule has 1 aliphatic carbocycles. The van der Waals surface area contributed by atoms with Gasteiger partial charge in [-0.3, -0.25) is 0 Å². The largest absolute Gasteiger partial charge is 0.457 e. The lowest BCUT2D eigenvalue weighted by Gasteiger charge is -2.25. The number of hydrogen-bond donors (Lipinski definition) is 0. The van der Waals surface area contributed by atoms with Gasteiger partial charge in [0.05, 0.1) is 0 Å². The van der Waals surface area contributed by atoms with E-state index >= 15 is 0 Å². The van der Waals surface area contributed by atoms with Gasteiger partial charge in [0.15, 0.2) is 0 Å². The number of fused-ring (bicyclic) bond motifs is 1. The van der Waals surface area contributed by atoms with E-state index in [2.05, 4.69) is 18.2 Å². The minimum atomic E-state index is 0.803. The van der Waals surface area contributed by atoms with Crippen molar-refractivity contribution >= 4 is 11.8 Å². The van der Waals surface area contributed by atoms with Crippen molar-refractivity contribution in [1.82, 2.24) is 0 Å². The molecule has 20 heavy (non-hydrogen) atoms. The predicted molar refractivity (Wildman–Crippen MR) is 83.8 cm³/mol. The van der Waals surface area contributed by atoms with Gasteiger partial charge in [0.25, 0.3) is 0 Å².